The van der Waals surface area contributed by atoms with Crippen molar-refractivity contribution in [3.63, 3.8) is 0 Å². The molecule has 37 heavy (non-hydrogen) atoms. The predicted octanol–water partition coefficient (Wildman–Crippen LogP) is 5.09. The summed E-state index contributed by atoms with van der Waals surface area (Å²) in [7, 11) is -3.97. The summed E-state index contributed by atoms with van der Waals surface area (Å²) in [6.07, 6.45) is 1.56. The van der Waals surface area contributed by atoms with E-state index in [0.717, 1.165) is 32.5 Å². The molecule has 0 spiro atoms. The largest absolute Gasteiger partial charge is 0.318 e. The molecule has 4 aromatic rings. The van der Waals surface area contributed by atoms with Gasteiger partial charge in [0.15, 0.2) is 0 Å². The summed E-state index contributed by atoms with van der Waals surface area (Å²) >= 11 is 5.93. The number of hydrogen-bond acceptors (Lipinski definition) is 4. The van der Waals surface area contributed by atoms with Crippen LogP contribution in [-0.2, 0) is 21.4 Å². The minimum absolute atomic E-state index is 0.0289. The van der Waals surface area contributed by atoms with Crippen LogP contribution >= 0.6 is 11.6 Å². The van der Waals surface area contributed by atoms with Crippen molar-refractivity contribution in [2.45, 2.75) is 25.3 Å². The molecule has 3 aromatic carbocycles. The Morgan fingerprint density at radius 3 is 2.24 bits per heavy atom. The molecule has 9 heteroatoms. The number of rotatable bonds is 9. The fourth-order valence-electron chi connectivity index (χ4n) is 4.03. The number of aryl methyl sites for hydroxylation is 1. The highest BCUT2D eigenvalue weighted by molar-refractivity contribution is 7.89. The topological polar surface area (TPSA) is 83.8 Å². The zero-order chi connectivity index (χ0) is 26.4. The first-order valence-corrected chi connectivity index (χ1v) is 13.4. The molecule has 0 fully saturated rings. The Morgan fingerprint density at radius 2 is 1.59 bits per heavy atom. The lowest BCUT2D eigenvalue weighted by Crippen LogP contribution is -2.39. The second kappa shape index (κ2) is 11.6. The second-order valence-electron chi connectivity index (χ2n) is 8.50. The van der Waals surface area contributed by atoms with Gasteiger partial charge in [0, 0.05) is 34.2 Å². The van der Waals surface area contributed by atoms with Crippen LogP contribution in [-0.4, -0.2) is 36.0 Å². The third kappa shape index (κ3) is 6.35. The fourth-order valence-corrected chi connectivity index (χ4v) is 5.54. The minimum Gasteiger partial charge on any atom is -0.318 e. The zero-order valence-corrected chi connectivity index (χ0v) is 22.1. The number of nitrogens with zero attached hydrogens (tertiary/aromatic N) is 3. The van der Waals surface area contributed by atoms with Crippen LogP contribution in [0.15, 0.2) is 101 Å². The molecular formula is C28H27ClN4O3S. The molecule has 1 heterocycles. The highest BCUT2D eigenvalue weighted by Gasteiger charge is 2.27. The standard InChI is InChI=1S/C28H27ClN4O3S/c1-21-17-24(22(2)33(21)26-11-7-4-8-12-26)18-30-31-28(34)20-32(19-23-9-5-3-6-10-23)37(35,36)27-15-13-25(29)14-16-27/h3-18H,19-20H2,1-2H3,(H,31,34)/b30-18-. The van der Waals surface area contributed by atoms with Gasteiger partial charge in [0.25, 0.3) is 5.91 Å². The third-order valence-electron chi connectivity index (χ3n) is 5.85. The van der Waals surface area contributed by atoms with Gasteiger partial charge in [-0.1, -0.05) is 60.1 Å². The molecule has 0 saturated heterocycles. The van der Waals surface area contributed by atoms with Gasteiger partial charge in [-0.05, 0) is 61.9 Å². The lowest BCUT2D eigenvalue weighted by atomic mass is 10.2. The van der Waals surface area contributed by atoms with Crippen LogP contribution in [0.4, 0.5) is 0 Å². The van der Waals surface area contributed by atoms with Crippen molar-refractivity contribution in [1.82, 2.24) is 14.3 Å². The van der Waals surface area contributed by atoms with Crippen LogP contribution in [0.3, 0.4) is 0 Å². The van der Waals surface area contributed by atoms with Gasteiger partial charge in [-0.15, -0.1) is 0 Å². The van der Waals surface area contributed by atoms with Crippen LogP contribution in [0.2, 0.25) is 5.02 Å². The normalized spacial score (nSPS) is 11.8. The summed E-state index contributed by atoms with van der Waals surface area (Å²) in [4.78, 5) is 12.8. The van der Waals surface area contributed by atoms with E-state index in [1.54, 1.807) is 6.21 Å². The SMILES string of the molecule is Cc1cc(/C=N\NC(=O)CN(Cc2ccccc2)S(=O)(=O)c2ccc(Cl)cc2)c(C)n1-c1ccccc1. The molecule has 7 nitrogen and oxygen atoms in total. The van der Waals surface area contributed by atoms with Crippen molar-refractivity contribution in [2.24, 2.45) is 5.10 Å². The third-order valence-corrected chi connectivity index (χ3v) is 7.91. The number of nitrogens with one attached hydrogen (secondary N) is 1. The van der Waals surface area contributed by atoms with Gasteiger partial charge >= 0.3 is 0 Å². The number of carbonyl (C=O) groups is 1. The van der Waals surface area contributed by atoms with E-state index >= 15 is 0 Å². The Morgan fingerprint density at radius 1 is 0.973 bits per heavy atom. The van der Waals surface area contributed by atoms with Crippen LogP contribution in [0, 0.1) is 13.8 Å². The summed E-state index contributed by atoms with van der Waals surface area (Å²) in [5.41, 5.74) is 7.10. The first kappa shape index (κ1) is 26.3. The molecule has 0 aliphatic rings. The molecule has 1 amide bonds. The summed E-state index contributed by atoms with van der Waals surface area (Å²) in [5.74, 6) is -0.554. The quantitative estimate of drug-likeness (QED) is 0.240. The Bertz CT molecular complexity index is 1500. The molecule has 1 N–H and O–H groups in total. The van der Waals surface area contributed by atoms with Crippen molar-refractivity contribution >= 4 is 33.7 Å². The van der Waals surface area contributed by atoms with E-state index in [9.17, 15) is 13.2 Å². The molecule has 0 aliphatic carbocycles. The average molecular weight is 535 g/mol. The number of aromatic nitrogens is 1. The summed E-state index contributed by atoms with van der Waals surface area (Å²) in [6.45, 7) is 3.60. The maximum Gasteiger partial charge on any atom is 0.255 e. The van der Waals surface area contributed by atoms with Gasteiger partial charge in [-0.2, -0.15) is 9.41 Å². The van der Waals surface area contributed by atoms with Crippen molar-refractivity contribution in [3.05, 3.63) is 119 Å². The molecule has 0 saturated carbocycles. The van der Waals surface area contributed by atoms with Crippen molar-refractivity contribution < 1.29 is 13.2 Å². The molecule has 190 valence electrons. The smallest absolute Gasteiger partial charge is 0.255 e. The van der Waals surface area contributed by atoms with E-state index in [1.165, 1.54) is 24.3 Å². The maximum atomic E-state index is 13.4. The summed E-state index contributed by atoms with van der Waals surface area (Å²) < 4.78 is 29.9. The molecule has 4 rings (SSSR count). The van der Waals surface area contributed by atoms with Gasteiger partial charge in [0.1, 0.15) is 0 Å². The maximum absolute atomic E-state index is 13.4. The van der Waals surface area contributed by atoms with Gasteiger partial charge in [-0.25, -0.2) is 13.8 Å². The predicted molar refractivity (Wildman–Crippen MR) is 146 cm³/mol. The van der Waals surface area contributed by atoms with Crippen molar-refractivity contribution in [2.75, 3.05) is 6.54 Å². The van der Waals surface area contributed by atoms with Crippen LogP contribution in [0.5, 0.6) is 0 Å². The van der Waals surface area contributed by atoms with E-state index in [4.69, 9.17) is 11.6 Å². The van der Waals surface area contributed by atoms with E-state index in [1.807, 2.05) is 80.6 Å². The Kier molecular flexibility index (Phi) is 8.23. The van der Waals surface area contributed by atoms with Gasteiger partial charge in [-0.3, -0.25) is 4.79 Å². The first-order valence-electron chi connectivity index (χ1n) is 11.6. The number of amides is 1. The number of hydrogen-bond donors (Lipinski definition) is 1. The molecule has 0 bridgehead atoms. The van der Waals surface area contributed by atoms with E-state index in [-0.39, 0.29) is 11.4 Å². The van der Waals surface area contributed by atoms with E-state index < -0.39 is 22.5 Å². The Balaban J connectivity index is 1.51. The van der Waals surface area contributed by atoms with Crippen LogP contribution < -0.4 is 5.43 Å². The summed E-state index contributed by atoms with van der Waals surface area (Å²) in [6, 6.07) is 26.9. The van der Waals surface area contributed by atoms with Gasteiger partial charge in [0.05, 0.1) is 17.7 Å². The van der Waals surface area contributed by atoms with E-state index in [0.29, 0.717) is 5.02 Å². The highest BCUT2D eigenvalue weighted by Crippen LogP contribution is 2.21. The molecular weight excluding hydrogens is 508 g/mol. The molecule has 1 aromatic heterocycles. The number of hydrazone groups is 1. The van der Waals surface area contributed by atoms with E-state index in [2.05, 4.69) is 15.1 Å². The molecule has 0 unspecified atom stereocenters. The van der Waals surface area contributed by atoms with Crippen LogP contribution in [0.1, 0.15) is 22.5 Å². The number of carbonyl (C=O) groups excluding carboxylic acids is 1. The Hall–Kier alpha value is -3.72. The minimum atomic E-state index is -3.97. The van der Waals surface area contributed by atoms with Crippen LogP contribution in [0.25, 0.3) is 5.69 Å². The second-order valence-corrected chi connectivity index (χ2v) is 10.9. The molecule has 0 aliphatic heterocycles. The number of benzene rings is 3. The average Bonchev–Trinajstić information content (AvgIpc) is 3.17. The summed E-state index contributed by atoms with van der Waals surface area (Å²) in [5, 5.41) is 4.52. The monoisotopic (exact) mass is 534 g/mol. The number of halogens is 1. The highest BCUT2D eigenvalue weighted by atomic mass is 35.5. The number of para-hydroxylation sites is 1. The van der Waals surface area contributed by atoms with Gasteiger partial charge in [0.2, 0.25) is 10.0 Å². The van der Waals surface area contributed by atoms with Crippen molar-refractivity contribution in [1.29, 1.82) is 0 Å². The fraction of sp³-hybridized carbons (Fsp3) is 0.143. The zero-order valence-electron chi connectivity index (χ0n) is 20.5. The first-order chi connectivity index (χ1) is 17.8. The molecule has 0 atom stereocenters. The Labute approximate surface area is 222 Å². The van der Waals surface area contributed by atoms with Crippen molar-refractivity contribution in [3.8, 4) is 5.69 Å². The number of sulfonamides is 1. The van der Waals surface area contributed by atoms with Gasteiger partial charge < -0.3 is 4.57 Å². The lowest BCUT2D eigenvalue weighted by molar-refractivity contribution is -0.121. The lowest BCUT2D eigenvalue weighted by Gasteiger charge is -2.21. The molecule has 0 radical (unpaired) electrons.